The number of benzene rings is 2. The highest BCUT2D eigenvalue weighted by Crippen LogP contribution is 2.27. The second-order valence-electron chi connectivity index (χ2n) is 5.96. The minimum absolute atomic E-state index is 0.157. The molecule has 0 radical (unpaired) electrons. The van der Waals surface area contributed by atoms with Crippen LogP contribution in [0, 0.1) is 12.8 Å². The maximum absolute atomic E-state index is 12.9. The van der Waals surface area contributed by atoms with Crippen LogP contribution in [0.15, 0.2) is 60.8 Å². The number of nitrogens with one attached hydrogen (secondary N) is 2. The smallest absolute Gasteiger partial charge is 0.335 e. The lowest BCUT2D eigenvalue weighted by molar-refractivity contribution is -0.132. The Labute approximate surface area is 150 Å². The molecule has 0 unspecified atom stereocenters. The Kier molecular flexibility index (Phi) is 4.45. The lowest BCUT2D eigenvalue weighted by Gasteiger charge is -2.32. The number of rotatable bonds is 4. The molecule has 1 aliphatic rings. The molecule has 4 N–H and O–H groups in total. The van der Waals surface area contributed by atoms with Gasteiger partial charge in [-0.2, -0.15) is 0 Å². The summed E-state index contributed by atoms with van der Waals surface area (Å²) in [4.78, 5) is 38.4. The molecular formula is C19H18N4O3. The largest absolute Gasteiger partial charge is 0.399 e. The number of carbonyl (C=O) groups excluding carboxylic acids is 3. The maximum atomic E-state index is 12.9. The molecule has 2 aromatic rings. The summed E-state index contributed by atoms with van der Waals surface area (Å²) >= 11 is 0. The van der Waals surface area contributed by atoms with Gasteiger partial charge >= 0.3 is 6.03 Å². The van der Waals surface area contributed by atoms with Gasteiger partial charge in [-0.15, -0.1) is 0 Å². The van der Waals surface area contributed by atoms with Crippen LogP contribution in [0.5, 0.6) is 0 Å². The Hall–Kier alpha value is -3.61. The topological polar surface area (TPSA) is 105 Å². The first kappa shape index (κ1) is 17.2. The first-order chi connectivity index (χ1) is 12.4. The molecule has 1 aliphatic heterocycles. The molecule has 3 rings (SSSR count). The highest BCUT2D eigenvalue weighted by atomic mass is 16.2. The average Bonchev–Trinajstić information content (AvgIpc) is 2.56. The van der Waals surface area contributed by atoms with Crippen LogP contribution in [-0.4, -0.2) is 17.8 Å². The number of para-hydroxylation sites is 1. The van der Waals surface area contributed by atoms with Gasteiger partial charge in [-0.1, -0.05) is 30.8 Å². The molecule has 26 heavy (non-hydrogen) atoms. The molecule has 1 fully saturated rings. The van der Waals surface area contributed by atoms with E-state index in [4.69, 9.17) is 5.73 Å². The molecule has 0 saturated carbocycles. The van der Waals surface area contributed by atoms with Gasteiger partial charge < -0.3 is 11.1 Å². The molecule has 1 saturated heterocycles. The highest BCUT2D eigenvalue weighted by Gasteiger charge is 2.43. The van der Waals surface area contributed by atoms with E-state index in [0.29, 0.717) is 17.1 Å². The third kappa shape index (κ3) is 3.14. The summed E-state index contributed by atoms with van der Waals surface area (Å²) in [7, 11) is 0. The van der Waals surface area contributed by atoms with Crippen molar-refractivity contribution in [1.82, 2.24) is 5.32 Å². The van der Waals surface area contributed by atoms with Crippen molar-refractivity contribution in [3.8, 4) is 0 Å². The van der Waals surface area contributed by atoms with Crippen LogP contribution < -0.4 is 21.3 Å². The number of nitrogens with two attached hydrogens (primary N) is 1. The van der Waals surface area contributed by atoms with Crippen LogP contribution in [0.1, 0.15) is 5.56 Å². The summed E-state index contributed by atoms with van der Waals surface area (Å²) in [6.07, 6.45) is 0. The molecule has 1 heterocycles. The lowest BCUT2D eigenvalue weighted by atomic mass is 10.00. The zero-order valence-corrected chi connectivity index (χ0v) is 14.2. The maximum Gasteiger partial charge on any atom is 0.335 e. The third-order valence-corrected chi connectivity index (χ3v) is 4.06. The minimum Gasteiger partial charge on any atom is -0.399 e. The number of barbiturate groups is 1. The number of amides is 4. The molecule has 7 nitrogen and oxygen atoms in total. The predicted molar refractivity (Wildman–Crippen MR) is 99.3 cm³/mol. The van der Waals surface area contributed by atoms with Gasteiger partial charge in [0, 0.05) is 17.1 Å². The van der Waals surface area contributed by atoms with Gasteiger partial charge in [0.15, 0.2) is 5.92 Å². The molecule has 4 amide bonds. The first-order valence-electron chi connectivity index (χ1n) is 7.94. The number of urea groups is 1. The van der Waals surface area contributed by atoms with Crippen LogP contribution in [0.4, 0.5) is 21.9 Å². The fourth-order valence-electron chi connectivity index (χ4n) is 2.80. The van der Waals surface area contributed by atoms with Crippen molar-refractivity contribution in [3.63, 3.8) is 0 Å². The van der Waals surface area contributed by atoms with E-state index in [2.05, 4.69) is 17.2 Å². The molecule has 7 heteroatoms. The average molecular weight is 350 g/mol. The molecular weight excluding hydrogens is 332 g/mol. The summed E-state index contributed by atoms with van der Waals surface area (Å²) < 4.78 is 0. The normalized spacial score (nSPS) is 17.0. The van der Waals surface area contributed by atoms with Crippen molar-refractivity contribution in [3.05, 3.63) is 66.4 Å². The van der Waals surface area contributed by atoms with E-state index < -0.39 is 23.8 Å². The number of carbonyl (C=O) groups is 3. The Morgan fingerprint density at radius 2 is 1.88 bits per heavy atom. The Balaban J connectivity index is 1.90. The number of nitrogen functional groups attached to an aromatic ring is 1. The van der Waals surface area contributed by atoms with Crippen molar-refractivity contribution >= 4 is 34.9 Å². The van der Waals surface area contributed by atoms with Crippen LogP contribution in [0.25, 0.3) is 0 Å². The SMILES string of the molecule is C=C(Nc1cccc(N)c1)[C@@H]1C(=O)NC(=O)N(c2ccccc2C)C1=O. The van der Waals surface area contributed by atoms with Crippen LogP contribution >= 0.6 is 0 Å². The molecule has 2 aromatic carbocycles. The highest BCUT2D eigenvalue weighted by molar-refractivity contribution is 6.29. The fraction of sp³-hybridized carbons (Fsp3) is 0.105. The van der Waals surface area contributed by atoms with Gasteiger partial charge in [0.05, 0.1) is 5.69 Å². The molecule has 0 spiro atoms. The van der Waals surface area contributed by atoms with Crippen molar-refractivity contribution in [2.75, 3.05) is 16.0 Å². The van der Waals surface area contributed by atoms with Gasteiger partial charge in [-0.25, -0.2) is 9.69 Å². The van der Waals surface area contributed by atoms with Gasteiger partial charge in [-0.05, 0) is 36.8 Å². The number of anilines is 3. The molecule has 1 atom stereocenters. The van der Waals surface area contributed by atoms with Crippen molar-refractivity contribution in [2.45, 2.75) is 6.92 Å². The zero-order valence-electron chi connectivity index (χ0n) is 14.2. The summed E-state index contributed by atoms with van der Waals surface area (Å²) in [6, 6.07) is 13.0. The van der Waals surface area contributed by atoms with E-state index in [0.717, 1.165) is 10.5 Å². The zero-order chi connectivity index (χ0) is 18.8. The van der Waals surface area contributed by atoms with Gasteiger partial charge in [0.2, 0.25) is 5.91 Å². The van der Waals surface area contributed by atoms with Gasteiger partial charge in [0.25, 0.3) is 5.91 Å². The number of aryl methyl sites for hydroxylation is 1. The molecule has 0 aliphatic carbocycles. The first-order valence-corrected chi connectivity index (χ1v) is 7.94. The second kappa shape index (κ2) is 6.72. The van der Waals surface area contributed by atoms with Gasteiger partial charge in [-0.3, -0.25) is 14.9 Å². The van der Waals surface area contributed by atoms with E-state index >= 15 is 0 Å². The quantitative estimate of drug-likeness (QED) is 0.580. The Bertz CT molecular complexity index is 923. The summed E-state index contributed by atoms with van der Waals surface area (Å²) in [5.41, 5.74) is 8.16. The second-order valence-corrected chi connectivity index (χ2v) is 5.96. The number of nitrogens with zero attached hydrogens (tertiary/aromatic N) is 1. The monoisotopic (exact) mass is 350 g/mol. The minimum atomic E-state index is -1.24. The van der Waals surface area contributed by atoms with E-state index in [1.54, 1.807) is 55.5 Å². The van der Waals surface area contributed by atoms with Crippen LogP contribution in [0.3, 0.4) is 0 Å². The number of hydrogen-bond donors (Lipinski definition) is 3. The molecule has 0 aromatic heterocycles. The van der Waals surface area contributed by atoms with Crippen molar-refractivity contribution < 1.29 is 14.4 Å². The van der Waals surface area contributed by atoms with Crippen LogP contribution in [-0.2, 0) is 9.59 Å². The predicted octanol–water partition coefficient (Wildman–Crippen LogP) is 2.40. The van der Waals surface area contributed by atoms with E-state index in [-0.39, 0.29) is 5.70 Å². The standard InChI is InChI=1S/C19H18N4O3/c1-11-6-3-4-9-15(11)23-18(25)16(17(24)22-19(23)26)12(2)21-14-8-5-7-13(20)10-14/h3-10,16,21H,2,20H2,1H3,(H,22,24,26)/t16-/m1/s1. The van der Waals surface area contributed by atoms with E-state index in [1.807, 2.05) is 0 Å². The van der Waals surface area contributed by atoms with E-state index in [1.165, 1.54) is 0 Å². The molecule has 132 valence electrons. The Morgan fingerprint density at radius 1 is 1.15 bits per heavy atom. The van der Waals surface area contributed by atoms with Crippen LogP contribution in [0.2, 0.25) is 0 Å². The number of hydrogen-bond acceptors (Lipinski definition) is 5. The van der Waals surface area contributed by atoms with Crippen molar-refractivity contribution in [1.29, 1.82) is 0 Å². The molecule has 0 bridgehead atoms. The lowest BCUT2D eigenvalue weighted by Crippen LogP contribution is -2.59. The third-order valence-electron chi connectivity index (χ3n) is 4.06. The fourth-order valence-corrected chi connectivity index (χ4v) is 2.80. The summed E-state index contributed by atoms with van der Waals surface area (Å²) in [5.74, 6) is -2.62. The van der Waals surface area contributed by atoms with Gasteiger partial charge in [0.1, 0.15) is 0 Å². The summed E-state index contributed by atoms with van der Waals surface area (Å²) in [5, 5.41) is 5.14. The number of imide groups is 2. The Morgan fingerprint density at radius 3 is 2.58 bits per heavy atom. The summed E-state index contributed by atoms with van der Waals surface area (Å²) in [6.45, 7) is 5.59. The van der Waals surface area contributed by atoms with E-state index in [9.17, 15) is 14.4 Å². The van der Waals surface area contributed by atoms with Crippen molar-refractivity contribution in [2.24, 2.45) is 5.92 Å².